The van der Waals surface area contributed by atoms with Crippen molar-refractivity contribution in [3.8, 4) is 0 Å². The van der Waals surface area contributed by atoms with Crippen LogP contribution in [0.25, 0.3) is 0 Å². The Labute approximate surface area is 235 Å². The Morgan fingerprint density at radius 3 is 2.29 bits per heavy atom. The van der Waals surface area contributed by atoms with E-state index < -0.39 is 41.6 Å². The smallest absolute Gasteiger partial charge is 0.411 e. The van der Waals surface area contributed by atoms with E-state index >= 15 is 0 Å². The quantitative estimate of drug-likeness (QED) is 0.453. The molecule has 2 N–H and O–H groups in total. The second-order valence-electron chi connectivity index (χ2n) is 9.50. The average molecular weight is 583 g/mol. The third-order valence-corrected chi connectivity index (χ3v) is 7.10. The minimum atomic E-state index is -0.985. The summed E-state index contributed by atoms with van der Waals surface area (Å²) in [5.74, 6) is -0.877. The predicted molar refractivity (Wildman–Crippen MR) is 148 cm³/mol. The molecule has 1 fully saturated rings. The van der Waals surface area contributed by atoms with Gasteiger partial charge in [0.1, 0.15) is 17.7 Å². The molecule has 2 aromatic rings. The lowest BCUT2D eigenvalue weighted by atomic mass is 10.0. The van der Waals surface area contributed by atoms with Crippen molar-refractivity contribution in [3.63, 3.8) is 0 Å². The molecular formula is C26H29Cl2N3O6S. The van der Waals surface area contributed by atoms with Gasteiger partial charge in [-0.3, -0.25) is 14.5 Å². The normalized spacial score (nSPS) is 15.9. The molecule has 3 amide bonds. The third kappa shape index (κ3) is 7.78. The molecule has 0 saturated carbocycles. The van der Waals surface area contributed by atoms with Gasteiger partial charge < -0.3 is 20.1 Å². The highest BCUT2D eigenvalue weighted by molar-refractivity contribution is 7.99. The number of hydrogen-bond donors (Lipinski definition) is 2. The zero-order valence-corrected chi connectivity index (χ0v) is 23.7. The molecule has 2 atom stereocenters. The molecule has 204 valence electrons. The van der Waals surface area contributed by atoms with E-state index in [9.17, 15) is 19.2 Å². The number of nitrogens with zero attached hydrogens (tertiary/aromatic N) is 1. The fourth-order valence-corrected chi connectivity index (χ4v) is 5.34. The van der Waals surface area contributed by atoms with Crippen molar-refractivity contribution in [2.45, 2.75) is 44.9 Å². The number of hydrogen-bond acceptors (Lipinski definition) is 7. The number of carbonyl (C=O) groups excluding carboxylic acids is 4. The Hall–Kier alpha value is -2.95. The predicted octanol–water partition coefficient (Wildman–Crippen LogP) is 4.76. The maximum absolute atomic E-state index is 13.1. The summed E-state index contributed by atoms with van der Waals surface area (Å²) in [6.07, 6.45) is -0.456. The summed E-state index contributed by atoms with van der Waals surface area (Å²) in [6.45, 7) is 5.25. The monoisotopic (exact) mass is 581 g/mol. The zero-order valence-electron chi connectivity index (χ0n) is 21.4. The van der Waals surface area contributed by atoms with E-state index in [0.717, 1.165) is 0 Å². The molecule has 0 unspecified atom stereocenters. The van der Waals surface area contributed by atoms with Crippen LogP contribution < -0.4 is 10.6 Å². The van der Waals surface area contributed by atoms with Gasteiger partial charge in [-0.05, 0) is 50.6 Å². The maximum Gasteiger partial charge on any atom is 0.411 e. The van der Waals surface area contributed by atoms with E-state index in [1.165, 1.54) is 23.8 Å². The summed E-state index contributed by atoms with van der Waals surface area (Å²) in [7, 11) is 1.23. The molecule has 38 heavy (non-hydrogen) atoms. The largest absolute Gasteiger partial charge is 0.467 e. The van der Waals surface area contributed by atoms with Crippen LogP contribution in [0.5, 0.6) is 0 Å². The molecule has 3 rings (SSSR count). The summed E-state index contributed by atoms with van der Waals surface area (Å²) in [4.78, 5) is 52.1. The van der Waals surface area contributed by atoms with Crippen LogP contribution in [-0.2, 0) is 25.5 Å². The van der Waals surface area contributed by atoms with Crippen LogP contribution in [0.2, 0.25) is 10.0 Å². The lowest BCUT2D eigenvalue weighted by Crippen LogP contribution is -2.53. The summed E-state index contributed by atoms with van der Waals surface area (Å²) in [5, 5.41) is 5.91. The van der Waals surface area contributed by atoms with Gasteiger partial charge >= 0.3 is 12.1 Å². The number of rotatable bonds is 7. The fraction of sp³-hybridized carbons (Fsp3) is 0.385. The lowest BCUT2D eigenvalue weighted by molar-refractivity contribution is -0.145. The number of carbonyl (C=O) groups is 4. The van der Waals surface area contributed by atoms with Gasteiger partial charge in [0, 0.05) is 17.9 Å². The summed E-state index contributed by atoms with van der Waals surface area (Å²) < 4.78 is 10.3. The van der Waals surface area contributed by atoms with Crippen LogP contribution in [0.1, 0.15) is 36.7 Å². The number of anilines is 1. The minimum absolute atomic E-state index is 0.134. The topological polar surface area (TPSA) is 114 Å². The van der Waals surface area contributed by atoms with Gasteiger partial charge in [-0.1, -0.05) is 41.4 Å². The van der Waals surface area contributed by atoms with Crippen LogP contribution in [0.15, 0.2) is 42.5 Å². The number of nitrogens with one attached hydrogen (secondary N) is 2. The molecule has 0 aromatic heterocycles. The van der Waals surface area contributed by atoms with Gasteiger partial charge in [0.2, 0.25) is 5.91 Å². The van der Waals surface area contributed by atoms with Crippen LogP contribution in [0.3, 0.4) is 0 Å². The number of halogens is 2. The standard InChI is InChI=1S/C26H29Cl2N3O6S/c1-26(2,3)37-25(35)31-14-38-13-20(31)22(32)30-19(24(34)36-4)12-15-8-10-16(11-9-15)29-23(33)21-17(27)6-5-7-18(21)28/h5-11,19-20H,12-14H2,1-4H3,(H,29,33)(H,30,32)/t19-,20+/m0/s1. The number of ether oxygens (including phenoxy) is 2. The van der Waals surface area contributed by atoms with Gasteiger partial charge in [0.15, 0.2) is 0 Å². The fourth-order valence-electron chi connectivity index (χ4n) is 3.63. The number of amides is 3. The molecular weight excluding hydrogens is 553 g/mol. The van der Waals surface area contributed by atoms with Gasteiger partial charge in [0.05, 0.1) is 28.6 Å². The first kappa shape index (κ1) is 29.6. The summed E-state index contributed by atoms with van der Waals surface area (Å²) in [6, 6.07) is 9.77. The number of esters is 1. The van der Waals surface area contributed by atoms with Crippen molar-refractivity contribution in [1.29, 1.82) is 0 Å². The summed E-state index contributed by atoms with van der Waals surface area (Å²) in [5.41, 5.74) is 0.660. The van der Waals surface area contributed by atoms with Crippen LogP contribution >= 0.6 is 35.0 Å². The highest BCUT2D eigenvalue weighted by atomic mass is 35.5. The second kappa shape index (κ2) is 12.7. The second-order valence-corrected chi connectivity index (χ2v) is 11.3. The zero-order chi connectivity index (χ0) is 28.0. The Morgan fingerprint density at radius 2 is 1.71 bits per heavy atom. The Morgan fingerprint density at radius 1 is 1.08 bits per heavy atom. The first-order chi connectivity index (χ1) is 17.9. The average Bonchev–Trinajstić information content (AvgIpc) is 3.33. The van der Waals surface area contributed by atoms with Gasteiger partial charge in [-0.2, -0.15) is 0 Å². The van der Waals surface area contributed by atoms with Crippen LogP contribution in [-0.4, -0.2) is 65.2 Å². The van der Waals surface area contributed by atoms with E-state index in [0.29, 0.717) is 22.9 Å². The molecule has 2 aromatic carbocycles. The molecule has 0 spiro atoms. The molecule has 0 radical (unpaired) electrons. The van der Waals surface area contributed by atoms with Crippen molar-refractivity contribution < 1.29 is 28.7 Å². The Balaban J connectivity index is 1.66. The van der Waals surface area contributed by atoms with E-state index in [2.05, 4.69) is 10.6 Å². The van der Waals surface area contributed by atoms with Crippen molar-refractivity contribution >= 4 is 64.5 Å². The molecule has 1 aliphatic heterocycles. The molecule has 0 bridgehead atoms. The van der Waals surface area contributed by atoms with E-state index in [-0.39, 0.29) is 22.0 Å². The van der Waals surface area contributed by atoms with Crippen molar-refractivity contribution in [2.24, 2.45) is 0 Å². The number of methoxy groups -OCH3 is 1. The van der Waals surface area contributed by atoms with Crippen molar-refractivity contribution in [1.82, 2.24) is 10.2 Å². The van der Waals surface area contributed by atoms with Gasteiger partial charge in [-0.25, -0.2) is 9.59 Å². The Kier molecular flexibility index (Phi) is 9.92. The first-order valence-corrected chi connectivity index (χ1v) is 13.6. The SMILES string of the molecule is COC(=O)[C@H](Cc1ccc(NC(=O)c2c(Cl)cccc2Cl)cc1)NC(=O)[C@H]1CSCN1C(=O)OC(C)(C)C. The maximum atomic E-state index is 13.1. The van der Waals surface area contributed by atoms with E-state index in [1.54, 1.807) is 63.2 Å². The highest BCUT2D eigenvalue weighted by Crippen LogP contribution is 2.26. The molecule has 1 aliphatic rings. The van der Waals surface area contributed by atoms with Crippen LogP contribution in [0, 0.1) is 0 Å². The highest BCUT2D eigenvalue weighted by Gasteiger charge is 2.38. The van der Waals surface area contributed by atoms with Crippen LogP contribution in [0.4, 0.5) is 10.5 Å². The molecule has 9 nitrogen and oxygen atoms in total. The number of thioether (sulfide) groups is 1. The minimum Gasteiger partial charge on any atom is -0.467 e. The number of benzene rings is 2. The Bertz CT molecular complexity index is 1180. The summed E-state index contributed by atoms with van der Waals surface area (Å²) >= 11 is 13.6. The van der Waals surface area contributed by atoms with E-state index in [4.69, 9.17) is 32.7 Å². The van der Waals surface area contributed by atoms with Crippen molar-refractivity contribution in [3.05, 3.63) is 63.6 Å². The third-order valence-electron chi connectivity index (χ3n) is 5.46. The molecule has 0 aliphatic carbocycles. The van der Waals surface area contributed by atoms with E-state index in [1.807, 2.05) is 0 Å². The van der Waals surface area contributed by atoms with Gasteiger partial charge in [-0.15, -0.1) is 11.8 Å². The van der Waals surface area contributed by atoms with Gasteiger partial charge in [0.25, 0.3) is 5.91 Å². The lowest BCUT2D eigenvalue weighted by Gasteiger charge is -2.28. The molecule has 12 heteroatoms. The molecule has 1 heterocycles. The van der Waals surface area contributed by atoms with Crippen molar-refractivity contribution in [2.75, 3.05) is 24.1 Å². The first-order valence-electron chi connectivity index (χ1n) is 11.7. The molecule has 1 saturated heterocycles.